The maximum atomic E-state index is 11.6. The van der Waals surface area contributed by atoms with E-state index in [1.54, 1.807) is 0 Å². The van der Waals surface area contributed by atoms with E-state index in [1.165, 1.54) is 10.7 Å². The van der Waals surface area contributed by atoms with Crippen LogP contribution in [0.15, 0.2) is 35.1 Å². The molecule has 1 aromatic carbocycles. The Bertz CT molecular complexity index is 549. The molecular weight excluding hydrogens is 204 g/mol. The molecule has 0 bridgehead atoms. The van der Waals surface area contributed by atoms with E-state index in [2.05, 4.69) is 5.10 Å². The summed E-state index contributed by atoms with van der Waals surface area (Å²) in [6, 6.07) is 9.02. The van der Waals surface area contributed by atoms with Crippen LogP contribution < -0.4 is 5.56 Å². The van der Waals surface area contributed by atoms with Crippen molar-refractivity contribution in [3.63, 3.8) is 0 Å². The molecule has 0 atom stereocenters. The van der Waals surface area contributed by atoms with E-state index in [4.69, 9.17) is 0 Å². The Morgan fingerprint density at radius 2 is 2.00 bits per heavy atom. The fourth-order valence-electron chi connectivity index (χ4n) is 1.52. The number of H-pyrrole nitrogens is 1. The minimum Gasteiger partial charge on any atom is -0.303 e. The predicted octanol–water partition coefficient (Wildman–Crippen LogP) is 1.22. The summed E-state index contributed by atoms with van der Waals surface area (Å²) in [5.74, 6) is 0. The molecule has 16 heavy (non-hydrogen) atoms. The Morgan fingerprint density at radius 1 is 1.31 bits per heavy atom. The van der Waals surface area contributed by atoms with Gasteiger partial charge in [0.2, 0.25) is 0 Å². The SMILES string of the molecule is Cc1ccc(-n2[nH]c(CC=O)cc2=O)cc1. The van der Waals surface area contributed by atoms with Crippen molar-refractivity contribution in [2.75, 3.05) is 0 Å². The van der Waals surface area contributed by atoms with Gasteiger partial charge in [-0.05, 0) is 19.1 Å². The molecule has 82 valence electrons. The molecule has 0 aliphatic carbocycles. The summed E-state index contributed by atoms with van der Waals surface area (Å²) < 4.78 is 1.43. The van der Waals surface area contributed by atoms with Crippen molar-refractivity contribution in [3.05, 3.63) is 51.9 Å². The zero-order chi connectivity index (χ0) is 11.5. The first-order valence-corrected chi connectivity index (χ1v) is 5.02. The van der Waals surface area contributed by atoms with Crippen molar-refractivity contribution in [2.24, 2.45) is 0 Å². The van der Waals surface area contributed by atoms with E-state index >= 15 is 0 Å². The molecule has 0 aliphatic rings. The Morgan fingerprint density at radius 3 is 2.62 bits per heavy atom. The van der Waals surface area contributed by atoms with Gasteiger partial charge in [-0.3, -0.25) is 9.89 Å². The van der Waals surface area contributed by atoms with Crippen molar-refractivity contribution in [2.45, 2.75) is 13.3 Å². The largest absolute Gasteiger partial charge is 0.303 e. The average Bonchev–Trinajstić information content (AvgIpc) is 2.61. The van der Waals surface area contributed by atoms with E-state index in [0.29, 0.717) is 5.69 Å². The fourth-order valence-corrected chi connectivity index (χ4v) is 1.52. The third-order valence-corrected chi connectivity index (χ3v) is 2.37. The Hall–Kier alpha value is -2.10. The minimum atomic E-state index is -0.152. The highest BCUT2D eigenvalue weighted by molar-refractivity contribution is 5.53. The van der Waals surface area contributed by atoms with Crippen molar-refractivity contribution < 1.29 is 4.79 Å². The van der Waals surface area contributed by atoms with E-state index in [-0.39, 0.29) is 12.0 Å². The maximum absolute atomic E-state index is 11.6. The fraction of sp³-hybridized carbons (Fsp3) is 0.167. The molecular formula is C12H12N2O2. The van der Waals surface area contributed by atoms with Crippen molar-refractivity contribution in [1.29, 1.82) is 0 Å². The first-order chi connectivity index (χ1) is 7.70. The van der Waals surface area contributed by atoms with E-state index < -0.39 is 0 Å². The van der Waals surface area contributed by atoms with Crippen LogP contribution in [-0.4, -0.2) is 16.1 Å². The number of benzene rings is 1. The van der Waals surface area contributed by atoms with Crippen LogP contribution in [0.2, 0.25) is 0 Å². The van der Waals surface area contributed by atoms with Crippen LogP contribution in [-0.2, 0) is 11.2 Å². The number of nitrogens with one attached hydrogen (secondary N) is 1. The molecule has 0 fully saturated rings. The quantitative estimate of drug-likeness (QED) is 0.784. The highest BCUT2D eigenvalue weighted by Crippen LogP contribution is 2.06. The van der Waals surface area contributed by atoms with Gasteiger partial charge in [0.05, 0.1) is 5.69 Å². The maximum Gasteiger partial charge on any atom is 0.271 e. The molecule has 1 N–H and O–H groups in total. The van der Waals surface area contributed by atoms with Gasteiger partial charge in [0.1, 0.15) is 6.29 Å². The minimum absolute atomic E-state index is 0.152. The second-order valence-electron chi connectivity index (χ2n) is 3.66. The van der Waals surface area contributed by atoms with Gasteiger partial charge in [-0.2, -0.15) is 0 Å². The highest BCUT2D eigenvalue weighted by Gasteiger charge is 2.03. The number of carbonyl (C=O) groups is 1. The third-order valence-electron chi connectivity index (χ3n) is 2.37. The third kappa shape index (κ3) is 1.95. The van der Waals surface area contributed by atoms with Crippen LogP contribution in [0.5, 0.6) is 0 Å². The van der Waals surface area contributed by atoms with E-state index in [1.807, 2.05) is 31.2 Å². The number of aromatic amines is 1. The molecule has 0 saturated carbocycles. The van der Waals surface area contributed by atoms with Gasteiger partial charge in [-0.15, -0.1) is 0 Å². The van der Waals surface area contributed by atoms with Gasteiger partial charge in [0.15, 0.2) is 0 Å². The normalized spacial score (nSPS) is 10.3. The number of aromatic nitrogens is 2. The molecule has 0 spiro atoms. The number of rotatable bonds is 3. The van der Waals surface area contributed by atoms with E-state index in [0.717, 1.165) is 17.5 Å². The van der Waals surface area contributed by atoms with Crippen molar-refractivity contribution in [3.8, 4) is 5.69 Å². The summed E-state index contributed by atoms with van der Waals surface area (Å²) in [6.45, 7) is 1.99. The number of hydrogen-bond donors (Lipinski definition) is 1. The predicted molar refractivity (Wildman–Crippen MR) is 60.9 cm³/mol. The molecule has 0 saturated heterocycles. The van der Waals surface area contributed by atoms with Gasteiger partial charge < -0.3 is 4.79 Å². The van der Waals surface area contributed by atoms with Gasteiger partial charge >= 0.3 is 0 Å². The molecule has 1 heterocycles. The van der Waals surface area contributed by atoms with Crippen LogP contribution in [0.25, 0.3) is 5.69 Å². The van der Waals surface area contributed by atoms with Gasteiger partial charge in [-0.1, -0.05) is 17.7 Å². The number of nitrogens with zero attached hydrogens (tertiary/aromatic N) is 1. The molecule has 2 aromatic rings. The number of hydrogen-bond acceptors (Lipinski definition) is 2. The lowest BCUT2D eigenvalue weighted by molar-refractivity contribution is -0.107. The smallest absolute Gasteiger partial charge is 0.271 e. The van der Waals surface area contributed by atoms with Crippen molar-refractivity contribution >= 4 is 6.29 Å². The van der Waals surface area contributed by atoms with Crippen LogP contribution in [0, 0.1) is 6.92 Å². The van der Waals surface area contributed by atoms with Crippen LogP contribution in [0.4, 0.5) is 0 Å². The van der Waals surface area contributed by atoms with Crippen LogP contribution in [0.1, 0.15) is 11.3 Å². The number of aldehydes is 1. The van der Waals surface area contributed by atoms with E-state index in [9.17, 15) is 9.59 Å². The molecule has 2 rings (SSSR count). The monoisotopic (exact) mass is 216 g/mol. The second kappa shape index (κ2) is 4.18. The standard InChI is InChI=1S/C12H12N2O2/c1-9-2-4-11(5-3-9)14-12(16)8-10(13-14)6-7-15/h2-5,7-8,13H,6H2,1H3. The Balaban J connectivity index is 2.43. The lowest BCUT2D eigenvalue weighted by Gasteiger charge is -2.01. The van der Waals surface area contributed by atoms with Crippen LogP contribution in [0.3, 0.4) is 0 Å². The summed E-state index contributed by atoms with van der Waals surface area (Å²) >= 11 is 0. The van der Waals surface area contributed by atoms with Crippen molar-refractivity contribution in [1.82, 2.24) is 9.78 Å². The number of carbonyl (C=O) groups excluding carboxylic acids is 1. The lowest BCUT2D eigenvalue weighted by atomic mass is 10.2. The summed E-state index contributed by atoms with van der Waals surface area (Å²) in [7, 11) is 0. The molecule has 0 unspecified atom stereocenters. The van der Waals surface area contributed by atoms with Gasteiger partial charge in [0.25, 0.3) is 5.56 Å². The zero-order valence-electron chi connectivity index (χ0n) is 8.93. The molecule has 4 heteroatoms. The molecule has 0 amide bonds. The average molecular weight is 216 g/mol. The highest BCUT2D eigenvalue weighted by atomic mass is 16.1. The lowest BCUT2D eigenvalue weighted by Crippen LogP contribution is -2.13. The molecule has 0 radical (unpaired) electrons. The number of aryl methyl sites for hydroxylation is 1. The Kier molecular flexibility index (Phi) is 2.72. The summed E-state index contributed by atoms with van der Waals surface area (Å²) in [4.78, 5) is 22.0. The first kappa shape index (κ1) is 10.4. The summed E-state index contributed by atoms with van der Waals surface area (Å²) in [6.07, 6.45) is 0.999. The topological polar surface area (TPSA) is 54.9 Å². The molecule has 0 aliphatic heterocycles. The molecule has 4 nitrogen and oxygen atoms in total. The summed E-state index contributed by atoms with van der Waals surface area (Å²) in [5.41, 5.74) is 2.38. The second-order valence-corrected chi connectivity index (χ2v) is 3.66. The zero-order valence-corrected chi connectivity index (χ0v) is 8.93. The summed E-state index contributed by atoms with van der Waals surface area (Å²) in [5, 5.41) is 2.89. The van der Waals surface area contributed by atoms with Crippen LogP contribution >= 0.6 is 0 Å². The Labute approximate surface area is 92.5 Å². The van der Waals surface area contributed by atoms with Gasteiger partial charge in [0, 0.05) is 18.2 Å². The molecule has 1 aromatic heterocycles. The van der Waals surface area contributed by atoms with Gasteiger partial charge in [-0.25, -0.2) is 4.68 Å². The first-order valence-electron chi connectivity index (χ1n) is 5.02.